The van der Waals surface area contributed by atoms with E-state index in [9.17, 15) is 20.4 Å². The molecule has 0 saturated carbocycles. The van der Waals surface area contributed by atoms with Gasteiger partial charge in [0.2, 0.25) is 0 Å². The molecule has 0 aliphatic carbocycles. The Morgan fingerprint density at radius 3 is 1.02 bits per heavy atom. The Bertz CT molecular complexity index is 566. The summed E-state index contributed by atoms with van der Waals surface area (Å²) in [6.45, 7) is 10.3. The van der Waals surface area contributed by atoms with Crippen LogP contribution in [-0.4, -0.2) is 82.7 Å². The molecule has 0 saturated heterocycles. The molecule has 0 bridgehead atoms. The van der Waals surface area contributed by atoms with Crippen LogP contribution in [0.4, 0.5) is 0 Å². The highest BCUT2D eigenvalue weighted by Gasteiger charge is 2.19. The van der Waals surface area contributed by atoms with Gasteiger partial charge in [-0.1, -0.05) is 155 Å². The molecule has 7 heteroatoms. The lowest BCUT2D eigenvalue weighted by atomic mass is 10.00. The molecule has 0 rings (SSSR count). The predicted molar refractivity (Wildman–Crippen MR) is 199 cm³/mol. The molecular formula is C39H84N2O5. The van der Waals surface area contributed by atoms with Crippen LogP contribution < -0.4 is 5.73 Å². The molecule has 0 fully saturated rings. The van der Waals surface area contributed by atoms with Crippen LogP contribution >= 0.6 is 0 Å². The van der Waals surface area contributed by atoms with E-state index in [4.69, 9.17) is 10.5 Å². The first-order valence-electron chi connectivity index (χ1n) is 19.5. The van der Waals surface area contributed by atoms with E-state index in [2.05, 4.69) is 13.8 Å². The van der Waals surface area contributed by atoms with Crippen molar-refractivity contribution in [2.75, 3.05) is 14.1 Å². The molecule has 0 aromatic carbocycles. The maximum absolute atomic E-state index is 10.0. The summed E-state index contributed by atoms with van der Waals surface area (Å²) in [7, 11) is 3.92. The first kappa shape index (κ1) is 49.8. The highest BCUT2D eigenvalue weighted by atomic mass is 16.3. The largest absolute Gasteiger partial charge is 0.393 e. The van der Waals surface area contributed by atoms with Crippen LogP contribution in [0.25, 0.3) is 0 Å². The summed E-state index contributed by atoms with van der Waals surface area (Å²) < 4.78 is 0. The maximum Gasteiger partial charge on any atom is 0.106 e. The summed E-state index contributed by atoms with van der Waals surface area (Å²) in [6, 6.07) is -0.154. The third-order valence-corrected chi connectivity index (χ3v) is 9.29. The van der Waals surface area contributed by atoms with Gasteiger partial charge >= 0.3 is 0 Å². The van der Waals surface area contributed by atoms with Gasteiger partial charge in [0.15, 0.2) is 0 Å². The lowest BCUT2D eigenvalue weighted by Gasteiger charge is -2.26. The number of aliphatic hydroxyl groups excluding tert-OH is 4. The van der Waals surface area contributed by atoms with Crippen molar-refractivity contribution < 1.29 is 25.2 Å². The molecule has 0 spiro atoms. The minimum Gasteiger partial charge on any atom is -0.393 e. The Hall–Kier alpha value is -0.570. The van der Waals surface area contributed by atoms with Crippen molar-refractivity contribution in [1.82, 2.24) is 4.90 Å². The molecule has 0 aliphatic rings. The quantitative estimate of drug-likeness (QED) is 0.0471. The van der Waals surface area contributed by atoms with E-state index in [-0.39, 0.29) is 18.2 Å². The van der Waals surface area contributed by atoms with Crippen LogP contribution in [0.2, 0.25) is 0 Å². The fourth-order valence-corrected chi connectivity index (χ4v) is 5.64. The number of hydrogen-bond acceptors (Lipinski definition) is 7. The van der Waals surface area contributed by atoms with E-state index in [1.165, 1.54) is 128 Å². The molecule has 0 aromatic rings. The molecule has 6 N–H and O–H groups in total. The van der Waals surface area contributed by atoms with Gasteiger partial charge < -0.3 is 35.9 Å². The number of aliphatic hydroxyl groups is 4. The number of likely N-dealkylation sites (N-methyl/N-ethyl adjacent to an activating group) is 1. The first-order valence-corrected chi connectivity index (χ1v) is 19.5. The Morgan fingerprint density at radius 1 is 0.500 bits per heavy atom. The first-order chi connectivity index (χ1) is 22.1. The van der Waals surface area contributed by atoms with Crippen molar-refractivity contribution in [3.8, 4) is 0 Å². The van der Waals surface area contributed by atoms with Gasteiger partial charge in [0.05, 0.1) is 24.4 Å². The number of carbonyl (C=O) groups excluding carboxylic acids is 1. The molecule has 280 valence electrons. The Morgan fingerprint density at radius 2 is 0.761 bits per heavy atom. The van der Waals surface area contributed by atoms with Crippen molar-refractivity contribution in [1.29, 1.82) is 0 Å². The van der Waals surface area contributed by atoms with Gasteiger partial charge in [-0.2, -0.15) is 0 Å². The zero-order chi connectivity index (χ0) is 35.4. The van der Waals surface area contributed by atoms with Crippen LogP contribution in [0.15, 0.2) is 0 Å². The summed E-state index contributed by atoms with van der Waals surface area (Å²) in [5, 5.41) is 39.4. The van der Waals surface area contributed by atoms with Crippen molar-refractivity contribution in [3.63, 3.8) is 0 Å². The minimum absolute atomic E-state index is 0.0991. The average Bonchev–Trinajstić information content (AvgIpc) is 3.03. The molecule has 7 nitrogen and oxygen atoms in total. The van der Waals surface area contributed by atoms with Gasteiger partial charge in [0, 0.05) is 24.9 Å². The van der Waals surface area contributed by atoms with E-state index in [1.54, 1.807) is 6.92 Å². The van der Waals surface area contributed by atoms with Gasteiger partial charge in [0.1, 0.15) is 6.79 Å². The van der Waals surface area contributed by atoms with Gasteiger partial charge in [-0.05, 0) is 40.8 Å². The third kappa shape index (κ3) is 37.9. The maximum atomic E-state index is 10.0. The van der Waals surface area contributed by atoms with Crippen LogP contribution in [0.5, 0.6) is 0 Å². The summed E-state index contributed by atoms with van der Waals surface area (Å²) in [6.07, 6.45) is 29.9. The van der Waals surface area contributed by atoms with Gasteiger partial charge in [-0.25, -0.2) is 0 Å². The number of nitrogens with zero attached hydrogens (tertiary/aromatic N) is 1. The monoisotopic (exact) mass is 661 g/mol. The normalized spacial score (nSPS) is 15.2. The summed E-state index contributed by atoms with van der Waals surface area (Å²) in [4.78, 5) is 10.00. The van der Waals surface area contributed by atoms with E-state index in [0.717, 1.165) is 25.7 Å². The molecular weight excluding hydrogens is 576 g/mol. The van der Waals surface area contributed by atoms with Crippen LogP contribution in [0.3, 0.4) is 0 Å². The fraction of sp³-hybridized carbons (Fsp3) is 0.974. The number of carbonyl (C=O) groups is 1. The average molecular weight is 661 g/mol. The smallest absolute Gasteiger partial charge is 0.106 e. The van der Waals surface area contributed by atoms with Crippen molar-refractivity contribution in [3.05, 3.63) is 0 Å². The SMILES string of the molecule is C=O.CCCCCCCCCCCCC[C@H](O)C[C@H](O)C(C)N.CCCCCCCCCCCCC[C@H](O)C[C@H](O)C(C)N(C)C. The molecule has 0 radical (unpaired) electrons. The molecule has 0 heterocycles. The van der Waals surface area contributed by atoms with Crippen molar-refractivity contribution >= 4 is 6.79 Å². The second kappa shape index (κ2) is 38.9. The van der Waals surface area contributed by atoms with Crippen LogP contribution in [-0.2, 0) is 4.79 Å². The third-order valence-electron chi connectivity index (χ3n) is 9.29. The number of nitrogens with two attached hydrogens (primary N) is 1. The minimum atomic E-state index is -0.576. The molecule has 0 aliphatic heterocycles. The van der Waals surface area contributed by atoms with E-state index >= 15 is 0 Å². The molecule has 0 aromatic heterocycles. The van der Waals surface area contributed by atoms with E-state index in [1.807, 2.05) is 32.7 Å². The number of unbranched alkanes of at least 4 members (excludes halogenated alkanes) is 20. The lowest BCUT2D eigenvalue weighted by Crippen LogP contribution is -2.38. The second-order valence-corrected chi connectivity index (χ2v) is 14.1. The Balaban J connectivity index is -0.000000765. The number of rotatable bonds is 31. The molecule has 46 heavy (non-hydrogen) atoms. The van der Waals surface area contributed by atoms with Gasteiger partial charge in [-0.3, -0.25) is 0 Å². The molecule has 0 amide bonds. The zero-order valence-electron chi connectivity index (χ0n) is 31.8. The van der Waals surface area contributed by atoms with E-state index < -0.39 is 18.3 Å². The molecule has 6 atom stereocenters. The standard InChI is InChI=1S/C20H43NO2.C18H39NO2.CH2O/c1-5-6-7-8-9-10-11-12-13-14-15-16-19(22)17-20(23)18(2)21(3)4;1-3-4-5-6-7-8-9-10-11-12-13-14-17(20)15-18(21)16(2)19;1-2/h18-20,22-23H,5-17H2,1-4H3;16-18,20-21H,3-15,19H2,1-2H3;1H2/t18?,19-,20-;16?,17-,18-;/m00./s1. The highest BCUT2D eigenvalue weighted by Crippen LogP contribution is 2.16. The predicted octanol–water partition coefficient (Wildman–Crippen LogP) is 8.71. The second-order valence-electron chi connectivity index (χ2n) is 14.1. The Labute approximate surface area is 287 Å². The zero-order valence-corrected chi connectivity index (χ0v) is 31.8. The number of hydrogen-bond donors (Lipinski definition) is 5. The van der Waals surface area contributed by atoms with Crippen LogP contribution in [0, 0.1) is 0 Å². The van der Waals surface area contributed by atoms with Crippen molar-refractivity contribution in [2.45, 2.75) is 231 Å². The van der Waals surface area contributed by atoms with Crippen LogP contribution in [0.1, 0.15) is 195 Å². The van der Waals surface area contributed by atoms with Gasteiger partial charge in [-0.15, -0.1) is 0 Å². The van der Waals surface area contributed by atoms with Gasteiger partial charge in [0.25, 0.3) is 0 Å². The summed E-state index contributed by atoms with van der Waals surface area (Å²) in [5.74, 6) is 0. The highest BCUT2D eigenvalue weighted by molar-refractivity contribution is 5.11. The summed E-state index contributed by atoms with van der Waals surface area (Å²) in [5.41, 5.74) is 5.58. The van der Waals surface area contributed by atoms with Crippen molar-refractivity contribution in [2.24, 2.45) is 5.73 Å². The lowest BCUT2D eigenvalue weighted by molar-refractivity contribution is -0.0980. The molecule has 2 unspecified atom stereocenters. The summed E-state index contributed by atoms with van der Waals surface area (Å²) >= 11 is 0. The fourth-order valence-electron chi connectivity index (χ4n) is 5.64. The topological polar surface area (TPSA) is 127 Å². The van der Waals surface area contributed by atoms with E-state index in [0.29, 0.717) is 12.8 Å². The Kier molecular flexibility index (Phi) is 42.1.